The SMILES string of the molecule is C/C=C/C=C/[C@H](O)[C@@H](C)[C@@H](O)c1ccccc1. The molecule has 0 aliphatic carbocycles. The Morgan fingerprint density at radius 3 is 2.29 bits per heavy atom. The van der Waals surface area contributed by atoms with Gasteiger partial charge < -0.3 is 10.2 Å². The highest BCUT2D eigenvalue weighted by atomic mass is 16.3. The minimum Gasteiger partial charge on any atom is -0.389 e. The van der Waals surface area contributed by atoms with Crippen LogP contribution in [0.4, 0.5) is 0 Å². The first kappa shape index (κ1) is 13.7. The lowest BCUT2D eigenvalue weighted by Gasteiger charge is -2.22. The maximum absolute atomic E-state index is 10.1. The lowest BCUT2D eigenvalue weighted by molar-refractivity contribution is 0.0444. The number of aliphatic hydroxyl groups excluding tert-OH is 2. The molecule has 0 heterocycles. The van der Waals surface area contributed by atoms with Crippen molar-refractivity contribution < 1.29 is 10.2 Å². The van der Waals surface area contributed by atoms with Gasteiger partial charge in [-0.1, -0.05) is 61.6 Å². The van der Waals surface area contributed by atoms with Gasteiger partial charge in [-0.2, -0.15) is 0 Å². The quantitative estimate of drug-likeness (QED) is 0.766. The summed E-state index contributed by atoms with van der Waals surface area (Å²) in [6.45, 7) is 3.75. The van der Waals surface area contributed by atoms with Gasteiger partial charge in [-0.3, -0.25) is 0 Å². The molecule has 0 unspecified atom stereocenters. The zero-order valence-corrected chi connectivity index (χ0v) is 10.3. The van der Waals surface area contributed by atoms with Crippen molar-refractivity contribution in [2.24, 2.45) is 5.92 Å². The van der Waals surface area contributed by atoms with Crippen molar-refractivity contribution in [3.63, 3.8) is 0 Å². The molecule has 1 rings (SSSR count). The molecule has 3 atom stereocenters. The van der Waals surface area contributed by atoms with Crippen LogP contribution in [0.2, 0.25) is 0 Å². The van der Waals surface area contributed by atoms with Gasteiger partial charge in [0, 0.05) is 5.92 Å². The zero-order chi connectivity index (χ0) is 12.7. The number of aliphatic hydroxyl groups is 2. The van der Waals surface area contributed by atoms with Crippen LogP contribution in [0.5, 0.6) is 0 Å². The molecule has 0 saturated heterocycles. The van der Waals surface area contributed by atoms with E-state index in [0.717, 1.165) is 5.56 Å². The average Bonchev–Trinajstić information content (AvgIpc) is 2.38. The molecule has 1 aromatic carbocycles. The maximum atomic E-state index is 10.1. The lowest BCUT2D eigenvalue weighted by Crippen LogP contribution is -2.22. The fourth-order valence-corrected chi connectivity index (χ4v) is 1.60. The fraction of sp³-hybridized carbons (Fsp3) is 0.333. The van der Waals surface area contributed by atoms with Gasteiger partial charge in [0.2, 0.25) is 0 Å². The van der Waals surface area contributed by atoms with E-state index in [1.54, 1.807) is 12.2 Å². The van der Waals surface area contributed by atoms with Gasteiger partial charge in [-0.15, -0.1) is 0 Å². The second-order valence-corrected chi connectivity index (χ2v) is 4.12. The summed E-state index contributed by atoms with van der Waals surface area (Å²) in [5, 5.41) is 20.0. The van der Waals surface area contributed by atoms with Crippen LogP contribution in [0.15, 0.2) is 54.6 Å². The topological polar surface area (TPSA) is 40.5 Å². The van der Waals surface area contributed by atoms with E-state index in [2.05, 4.69) is 0 Å². The fourth-order valence-electron chi connectivity index (χ4n) is 1.60. The molecule has 0 aromatic heterocycles. The van der Waals surface area contributed by atoms with E-state index in [-0.39, 0.29) is 5.92 Å². The van der Waals surface area contributed by atoms with Crippen molar-refractivity contribution in [2.75, 3.05) is 0 Å². The predicted molar refractivity (Wildman–Crippen MR) is 70.5 cm³/mol. The number of rotatable bonds is 5. The smallest absolute Gasteiger partial charge is 0.0843 e. The van der Waals surface area contributed by atoms with Crippen molar-refractivity contribution in [2.45, 2.75) is 26.1 Å². The largest absolute Gasteiger partial charge is 0.389 e. The third-order valence-electron chi connectivity index (χ3n) is 2.79. The van der Waals surface area contributed by atoms with Crippen molar-refractivity contribution in [1.29, 1.82) is 0 Å². The Hall–Kier alpha value is -1.38. The van der Waals surface area contributed by atoms with E-state index < -0.39 is 12.2 Å². The van der Waals surface area contributed by atoms with Crippen LogP contribution in [-0.2, 0) is 0 Å². The second-order valence-electron chi connectivity index (χ2n) is 4.12. The normalized spacial score (nSPS) is 17.4. The number of allylic oxidation sites excluding steroid dienone is 3. The first-order valence-electron chi connectivity index (χ1n) is 5.87. The van der Waals surface area contributed by atoms with E-state index in [9.17, 15) is 10.2 Å². The highest BCUT2D eigenvalue weighted by Crippen LogP contribution is 2.24. The van der Waals surface area contributed by atoms with Crippen LogP contribution in [0.25, 0.3) is 0 Å². The van der Waals surface area contributed by atoms with Crippen LogP contribution < -0.4 is 0 Å². The molecular formula is C15H20O2. The molecule has 0 fully saturated rings. The first-order chi connectivity index (χ1) is 8.16. The van der Waals surface area contributed by atoms with Crippen LogP contribution in [0, 0.1) is 5.92 Å². The van der Waals surface area contributed by atoms with Gasteiger partial charge in [-0.05, 0) is 12.5 Å². The Labute approximate surface area is 103 Å². The van der Waals surface area contributed by atoms with Crippen LogP contribution in [-0.4, -0.2) is 16.3 Å². The Balaban J connectivity index is 2.66. The van der Waals surface area contributed by atoms with Crippen molar-refractivity contribution in [3.8, 4) is 0 Å². The second kappa shape index (κ2) is 7.05. The van der Waals surface area contributed by atoms with Gasteiger partial charge >= 0.3 is 0 Å². The number of benzene rings is 1. The maximum Gasteiger partial charge on any atom is 0.0843 e. The molecular weight excluding hydrogens is 212 g/mol. The molecule has 0 saturated carbocycles. The monoisotopic (exact) mass is 232 g/mol. The molecule has 0 amide bonds. The van der Waals surface area contributed by atoms with E-state index in [1.165, 1.54) is 0 Å². The summed E-state index contributed by atoms with van der Waals surface area (Å²) in [6, 6.07) is 9.40. The summed E-state index contributed by atoms with van der Waals surface area (Å²) < 4.78 is 0. The molecule has 0 radical (unpaired) electrons. The molecule has 1 aromatic rings. The summed E-state index contributed by atoms with van der Waals surface area (Å²) in [5.74, 6) is -0.237. The first-order valence-corrected chi connectivity index (χ1v) is 5.87. The summed E-state index contributed by atoms with van der Waals surface area (Å²) in [6.07, 6.45) is 5.92. The zero-order valence-electron chi connectivity index (χ0n) is 10.3. The molecule has 2 heteroatoms. The molecule has 0 bridgehead atoms. The van der Waals surface area contributed by atoms with Crippen molar-refractivity contribution in [3.05, 3.63) is 60.2 Å². The van der Waals surface area contributed by atoms with Gasteiger partial charge in [0.15, 0.2) is 0 Å². The molecule has 92 valence electrons. The van der Waals surface area contributed by atoms with Crippen LogP contribution in [0.1, 0.15) is 25.5 Å². The molecule has 2 nitrogen and oxygen atoms in total. The summed E-state index contributed by atoms with van der Waals surface area (Å²) >= 11 is 0. The average molecular weight is 232 g/mol. The van der Waals surface area contributed by atoms with E-state index in [4.69, 9.17) is 0 Å². The molecule has 0 spiro atoms. The molecule has 17 heavy (non-hydrogen) atoms. The number of hydrogen-bond donors (Lipinski definition) is 2. The van der Waals surface area contributed by atoms with Crippen LogP contribution >= 0.6 is 0 Å². The summed E-state index contributed by atoms with van der Waals surface area (Å²) in [5.41, 5.74) is 0.832. The third kappa shape index (κ3) is 4.17. The summed E-state index contributed by atoms with van der Waals surface area (Å²) in [7, 11) is 0. The van der Waals surface area contributed by atoms with E-state index in [1.807, 2.05) is 56.3 Å². The van der Waals surface area contributed by atoms with Gasteiger partial charge in [0.25, 0.3) is 0 Å². The third-order valence-corrected chi connectivity index (χ3v) is 2.79. The Morgan fingerprint density at radius 1 is 1.06 bits per heavy atom. The van der Waals surface area contributed by atoms with Gasteiger partial charge in [0.05, 0.1) is 12.2 Å². The number of hydrogen-bond acceptors (Lipinski definition) is 2. The molecule has 0 aliphatic rings. The van der Waals surface area contributed by atoms with Crippen LogP contribution in [0.3, 0.4) is 0 Å². The standard InChI is InChI=1S/C15H20O2/c1-3-4-6-11-14(16)12(2)15(17)13-9-7-5-8-10-13/h3-12,14-17H,1-2H3/b4-3+,11-6+/t12-,14+,15-/m1/s1. The van der Waals surface area contributed by atoms with E-state index in [0.29, 0.717) is 0 Å². The highest BCUT2D eigenvalue weighted by Gasteiger charge is 2.21. The van der Waals surface area contributed by atoms with Gasteiger partial charge in [-0.25, -0.2) is 0 Å². The van der Waals surface area contributed by atoms with Gasteiger partial charge in [0.1, 0.15) is 0 Å². The predicted octanol–water partition coefficient (Wildman–Crippen LogP) is 2.85. The Bertz CT molecular complexity index is 368. The Morgan fingerprint density at radius 2 is 1.71 bits per heavy atom. The molecule has 0 aliphatic heterocycles. The molecule has 2 N–H and O–H groups in total. The summed E-state index contributed by atoms with van der Waals surface area (Å²) in [4.78, 5) is 0. The lowest BCUT2D eigenvalue weighted by atomic mass is 9.92. The van der Waals surface area contributed by atoms with Crippen molar-refractivity contribution >= 4 is 0 Å². The van der Waals surface area contributed by atoms with E-state index >= 15 is 0 Å². The minimum atomic E-state index is -0.651. The highest BCUT2D eigenvalue weighted by molar-refractivity contribution is 5.18. The van der Waals surface area contributed by atoms with Crippen molar-refractivity contribution in [1.82, 2.24) is 0 Å². The Kier molecular flexibility index (Phi) is 5.67. The minimum absolute atomic E-state index is 0.237.